The van der Waals surface area contributed by atoms with Gasteiger partial charge in [0.05, 0.1) is 11.8 Å². The summed E-state index contributed by atoms with van der Waals surface area (Å²) in [6, 6.07) is 0. The average molecular weight is 238 g/mol. The maximum Gasteiger partial charge on any atom is 0.329 e. The second-order valence-electron chi connectivity index (χ2n) is 4.46. The van der Waals surface area contributed by atoms with Crippen molar-refractivity contribution in [2.24, 2.45) is 29.4 Å². The quantitative estimate of drug-likeness (QED) is 0.500. The molecule has 4 unspecified atom stereocenters. The second-order valence-corrected chi connectivity index (χ2v) is 4.46. The molecule has 1 saturated carbocycles. The maximum absolute atomic E-state index is 11.8. The Morgan fingerprint density at radius 2 is 1.82 bits per heavy atom. The Morgan fingerprint density at radius 3 is 2.35 bits per heavy atom. The van der Waals surface area contributed by atoms with E-state index in [9.17, 15) is 14.4 Å². The maximum atomic E-state index is 11.8. The number of rotatable bonds is 2. The van der Waals surface area contributed by atoms with Crippen LogP contribution in [0.5, 0.6) is 0 Å². The highest BCUT2D eigenvalue weighted by atomic mass is 16.7. The van der Waals surface area contributed by atoms with E-state index >= 15 is 0 Å². The van der Waals surface area contributed by atoms with Crippen LogP contribution in [0.3, 0.4) is 0 Å². The number of hydroxylamine groups is 1. The summed E-state index contributed by atoms with van der Waals surface area (Å²) in [5.41, 5.74) is 7.37. The van der Waals surface area contributed by atoms with Crippen LogP contribution in [-0.2, 0) is 19.2 Å². The minimum atomic E-state index is -0.604. The standard InChI is InChI=1S/C11H14N2O4/c1-5(14)17-13-11(16)9-7-3-2-6(4-7)8(9)10(12)15/h2-3,6-9H,4H2,1H3,(H2,12,15)(H,13,16). The molecule has 2 amide bonds. The summed E-state index contributed by atoms with van der Waals surface area (Å²) in [6.07, 6.45) is 4.60. The Morgan fingerprint density at radius 1 is 1.24 bits per heavy atom. The lowest BCUT2D eigenvalue weighted by Crippen LogP contribution is -2.42. The number of carbonyl (C=O) groups excluding carboxylic acids is 3. The van der Waals surface area contributed by atoms with E-state index in [-0.39, 0.29) is 11.8 Å². The summed E-state index contributed by atoms with van der Waals surface area (Å²) in [4.78, 5) is 38.2. The number of hydrogen-bond acceptors (Lipinski definition) is 4. The lowest BCUT2D eigenvalue weighted by Gasteiger charge is -2.23. The highest BCUT2D eigenvalue weighted by Gasteiger charge is 2.51. The molecule has 2 aliphatic carbocycles. The third-order valence-corrected chi connectivity index (χ3v) is 3.39. The van der Waals surface area contributed by atoms with Crippen LogP contribution in [0.15, 0.2) is 12.2 Å². The van der Waals surface area contributed by atoms with Gasteiger partial charge in [0, 0.05) is 6.92 Å². The summed E-state index contributed by atoms with van der Waals surface area (Å²) >= 11 is 0. The molecule has 2 bridgehead atoms. The van der Waals surface area contributed by atoms with Gasteiger partial charge in [-0.05, 0) is 18.3 Å². The lowest BCUT2D eigenvalue weighted by atomic mass is 9.82. The van der Waals surface area contributed by atoms with Crippen molar-refractivity contribution < 1.29 is 19.2 Å². The van der Waals surface area contributed by atoms with Gasteiger partial charge in [0.15, 0.2) is 0 Å². The molecular formula is C11H14N2O4. The van der Waals surface area contributed by atoms with E-state index in [4.69, 9.17) is 5.73 Å². The molecule has 0 aromatic carbocycles. The smallest absolute Gasteiger partial charge is 0.329 e. The van der Waals surface area contributed by atoms with Crippen LogP contribution >= 0.6 is 0 Å². The second kappa shape index (κ2) is 4.20. The number of fused-ring (bicyclic) bond motifs is 2. The molecule has 1 fully saturated rings. The van der Waals surface area contributed by atoms with Gasteiger partial charge in [-0.1, -0.05) is 12.2 Å². The lowest BCUT2D eigenvalue weighted by molar-refractivity contribution is -0.159. The van der Waals surface area contributed by atoms with Gasteiger partial charge in [0.25, 0.3) is 5.91 Å². The Balaban J connectivity index is 2.08. The van der Waals surface area contributed by atoms with Crippen molar-refractivity contribution in [3.63, 3.8) is 0 Å². The number of primary amides is 1. The van der Waals surface area contributed by atoms with E-state index in [2.05, 4.69) is 10.3 Å². The Bertz CT molecular complexity index is 404. The van der Waals surface area contributed by atoms with Crippen molar-refractivity contribution >= 4 is 17.8 Å². The largest absolute Gasteiger partial charge is 0.369 e. The first-order valence-corrected chi connectivity index (χ1v) is 5.45. The van der Waals surface area contributed by atoms with Crippen molar-refractivity contribution in [3.05, 3.63) is 12.2 Å². The van der Waals surface area contributed by atoms with Crippen molar-refractivity contribution in [2.75, 3.05) is 0 Å². The highest BCUT2D eigenvalue weighted by Crippen LogP contribution is 2.47. The van der Waals surface area contributed by atoms with Gasteiger partial charge in [-0.25, -0.2) is 0 Å². The molecule has 3 N–H and O–H groups in total. The van der Waals surface area contributed by atoms with Gasteiger partial charge in [0.1, 0.15) is 0 Å². The summed E-state index contributed by atoms with van der Waals surface area (Å²) in [6.45, 7) is 1.19. The third kappa shape index (κ3) is 2.02. The summed E-state index contributed by atoms with van der Waals surface area (Å²) in [5.74, 6) is -2.53. The molecule has 0 spiro atoms. The van der Waals surface area contributed by atoms with Crippen molar-refractivity contribution in [1.82, 2.24) is 5.48 Å². The fourth-order valence-electron chi connectivity index (χ4n) is 2.76. The molecule has 0 saturated heterocycles. The van der Waals surface area contributed by atoms with Gasteiger partial charge in [-0.3, -0.25) is 14.4 Å². The number of nitrogens with one attached hydrogen (secondary N) is 1. The number of amides is 2. The van der Waals surface area contributed by atoms with Gasteiger partial charge in [-0.2, -0.15) is 5.48 Å². The Hall–Kier alpha value is -1.85. The van der Waals surface area contributed by atoms with Gasteiger partial charge in [0.2, 0.25) is 5.91 Å². The molecule has 0 aliphatic heterocycles. The van der Waals surface area contributed by atoms with E-state index in [0.717, 1.165) is 6.42 Å². The van der Waals surface area contributed by atoms with Crippen molar-refractivity contribution in [2.45, 2.75) is 13.3 Å². The number of hydrogen-bond donors (Lipinski definition) is 2. The van der Waals surface area contributed by atoms with E-state index in [1.54, 1.807) is 0 Å². The molecular weight excluding hydrogens is 224 g/mol. The fraction of sp³-hybridized carbons (Fsp3) is 0.545. The molecule has 4 atom stereocenters. The summed E-state index contributed by atoms with van der Waals surface area (Å²) in [5, 5.41) is 0. The van der Waals surface area contributed by atoms with E-state index < -0.39 is 29.6 Å². The molecule has 17 heavy (non-hydrogen) atoms. The molecule has 6 heteroatoms. The molecule has 2 aliphatic rings. The predicted octanol–water partition coefficient (Wildman–Crippen LogP) is -0.496. The van der Waals surface area contributed by atoms with Crippen molar-refractivity contribution in [3.8, 4) is 0 Å². The minimum absolute atomic E-state index is 0.00746. The monoisotopic (exact) mass is 238 g/mol. The van der Waals surface area contributed by atoms with Crippen LogP contribution in [-0.4, -0.2) is 17.8 Å². The molecule has 6 nitrogen and oxygen atoms in total. The fourth-order valence-corrected chi connectivity index (χ4v) is 2.76. The van der Waals surface area contributed by atoms with Crippen LogP contribution in [0, 0.1) is 23.7 Å². The molecule has 2 rings (SSSR count). The topological polar surface area (TPSA) is 98.5 Å². The molecule has 0 aromatic heterocycles. The minimum Gasteiger partial charge on any atom is -0.369 e. The van der Waals surface area contributed by atoms with Crippen LogP contribution in [0.2, 0.25) is 0 Å². The molecule has 92 valence electrons. The number of allylic oxidation sites excluding steroid dienone is 2. The Kier molecular flexibility index (Phi) is 2.87. The average Bonchev–Trinajstić information content (AvgIpc) is 2.84. The first-order chi connectivity index (χ1) is 8.00. The van der Waals surface area contributed by atoms with Gasteiger partial charge in [-0.15, -0.1) is 0 Å². The van der Waals surface area contributed by atoms with Crippen LogP contribution < -0.4 is 11.2 Å². The number of carbonyl (C=O) groups is 3. The van der Waals surface area contributed by atoms with Crippen LogP contribution in [0.4, 0.5) is 0 Å². The molecule has 0 heterocycles. The van der Waals surface area contributed by atoms with Crippen LogP contribution in [0.1, 0.15) is 13.3 Å². The van der Waals surface area contributed by atoms with E-state index in [1.165, 1.54) is 6.92 Å². The first-order valence-electron chi connectivity index (χ1n) is 5.45. The van der Waals surface area contributed by atoms with E-state index in [0.29, 0.717) is 0 Å². The normalized spacial score (nSPS) is 33.5. The van der Waals surface area contributed by atoms with Gasteiger partial charge >= 0.3 is 5.97 Å². The molecule has 0 radical (unpaired) electrons. The van der Waals surface area contributed by atoms with Gasteiger partial charge < -0.3 is 10.6 Å². The highest BCUT2D eigenvalue weighted by molar-refractivity contribution is 5.89. The predicted molar refractivity (Wildman–Crippen MR) is 56.8 cm³/mol. The van der Waals surface area contributed by atoms with Crippen LogP contribution in [0.25, 0.3) is 0 Å². The zero-order valence-corrected chi connectivity index (χ0v) is 9.38. The summed E-state index contributed by atoms with van der Waals surface area (Å²) in [7, 11) is 0. The summed E-state index contributed by atoms with van der Waals surface area (Å²) < 4.78 is 0. The number of nitrogens with two attached hydrogens (primary N) is 1. The zero-order valence-electron chi connectivity index (χ0n) is 9.38. The third-order valence-electron chi connectivity index (χ3n) is 3.39. The zero-order chi connectivity index (χ0) is 12.6. The van der Waals surface area contributed by atoms with Crippen molar-refractivity contribution in [1.29, 1.82) is 0 Å². The first kappa shape index (κ1) is 11.6. The Labute approximate surface area is 98.1 Å². The SMILES string of the molecule is CC(=O)ONC(=O)C1C2C=CC(C2)C1C(N)=O. The van der Waals surface area contributed by atoms with E-state index in [1.807, 2.05) is 12.2 Å². The molecule has 0 aromatic rings.